The van der Waals surface area contributed by atoms with Gasteiger partial charge in [-0.15, -0.1) is 11.8 Å². The van der Waals surface area contributed by atoms with Gasteiger partial charge in [-0.3, -0.25) is 4.79 Å². The lowest BCUT2D eigenvalue weighted by molar-refractivity contribution is -0.116. The van der Waals surface area contributed by atoms with E-state index in [1.54, 1.807) is 11.8 Å². The summed E-state index contributed by atoms with van der Waals surface area (Å²) in [7, 11) is 0. The minimum absolute atomic E-state index is 0.0233. The zero-order valence-corrected chi connectivity index (χ0v) is 17.2. The lowest BCUT2D eigenvalue weighted by Crippen LogP contribution is -2.29. The van der Waals surface area contributed by atoms with Crippen molar-refractivity contribution < 1.29 is 9.90 Å². The summed E-state index contributed by atoms with van der Waals surface area (Å²) in [5.74, 6) is 0.151. The smallest absolute Gasteiger partial charge is 0.200 e. The molecule has 2 unspecified atom stereocenters. The van der Waals surface area contributed by atoms with Crippen molar-refractivity contribution in [2.75, 3.05) is 5.75 Å². The Bertz CT molecular complexity index is 838. The molecule has 2 nitrogen and oxygen atoms in total. The maximum Gasteiger partial charge on any atom is 0.200 e. The third-order valence-corrected chi connectivity index (χ3v) is 6.62. The molecule has 0 amide bonds. The molecule has 2 atom stereocenters. The summed E-state index contributed by atoms with van der Waals surface area (Å²) in [6.45, 7) is 0. The minimum Gasteiger partial charge on any atom is -0.392 e. The highest BCUT2D eigenvalue weighted by Crippen LogP contribution is 2.30. The minimum atomic E-state index is -0.667. The van der Waals surface area contributed by atoms with Crippen molar-refractivity contribution in [1.82, 2.24) is 0 Å². The molecule has 0 aliphatic carbocycles. The monoisotopic (exact) mass is 408 g/mol. The maximum absolute atomic E-state index is 13.0. The molecule has 0 spiro atoms. The number of carbonyl (C=O) groups is 1. The second-order valence-corrected chi connectivity index (χ2v) is 8.73. The molecule has 3 rings (SSSR count). The van der Waals surface area contributed by atoms with Crippen LogP contribution in [0.15, 0.2) is 101 Å². The van der Waals surface area contributed by atoms with Crippen molar-refractivity contribution in [2.24, 2.45) is 5.92 Å². The van der Waals surface area contributed by atoms with Gasteiger partial charge in [-0.2, -0.15) is 0 Å². The predicted molar refractivity (Wildman–Crippen MR) is 119 cm³/mol. The highest BCUT2D eigenvalue weighted by Gasteiger charge is 2.27. The van der Waals surface area contributed by atoms with E-state index in [0.29, 0.717) is 12.2 Å². The highest BCUT2D eigenvalue weighted by molar-refractivity contribution is 8.13. The number of rotatable bonds is 9. The molecule has 3 aromatic carbocycles. The maximum atomic E-state index is 13.0. The first-order valence-electron chi connectivity index (χ1n) is 9.39. The highest BCUT2D eigenvalue weighted by atomic mass is 32.2. The predicted octanol–water partition coefficient (Wildman–Crippen LogP) is 5.71. The Morgan fingerprint density at radius 2 is 1.32 bits per heavy atom. The lowest BCUT2D eigenvalue weighted by Gasteiger charge is -2.21. The van der Waals surface area contributed by atoms with Crippen LogP contribution in [-0.2, 0) is 11.2 Å². The van der Waals surface area contributed by atoms with Gasteiger partial charge in [0.25, 0.3) is 0 Å². The SMILES string of the molecule is O=C(Sc1ccccc1)C(CSc1ccccc1)C(O)CCc1ccccc1. The summed E-state index contributed by atoms with van der Waals surface area (Å²) in [6.07, 6.45) is 0.670. The van der Waals surface area contributed by atoms with Gasteiger partial charge in [0, 0.05) is 15.5 Å². The third-order valence-electron chi connectivity index (χ3n) is 4.47. The number of hydrogen-bond donors (Lipinski definition) is 1. The van der Waals surface area contributed by atoms with Crippen LogP contribution in [0.5, 0.6) is 0 Å². The number of aliphatic hydroxyl groups is 1. The summed E-state index contributed by atoms with van der Waals surface area (Å²) >= 11 is 2.85. The Labute approximate surface area is 175 Å². The second-order valence-electron chi connectivity index (χ2n) is 6.56. The fraction of sp³-hybridized carbons (Fsp3) is 0.208. The molecule has 144 valence electrons. The molecule has 28 heavy (non-hydrogen) atoms. The van der Waals surface area contributed by atoms with Crippen molar-refractivity contribution >= 4 is 28.6 Å². The van der Waals surface area contributed by atoms with Gasteiger partial charge in [-0.05, 0) is 42.7 Å². The van der Waals surface area contributed by atoms with Gasteiger partial charge in [0.05, 0.1) is 12.0 Å². The van der Waals surface area contributed by atoms with Crippen LogP contribution in [0.25, 0.3) is 0 Å². The number of carbonyl (C=O) groups excluding carboxylic acids is 1. The second kappa shape index (κ2) is 11.1. The summed E-state index contributed by atoms with van der Waals surface area (Å²) in [4.78, 5) is 15.0. The average Bonchev–Trinajstić information content (AvgIpc) is 2.74. The molecule has 0 aromatic heterocycles. The number of hydrogen-bond acceptors (Lipinski definition) is 4. The Balaban J connectivity index is 1.66. The van der Waals surface area contributed by atoms with E-state index in [4.69, 9.17) is 0 Å². The molecule has 0 saturated carbocycles. The van der Waals surface area contributed by atoms with Crippen LogP contribution < -0.4 is 0 Å². The van der Waals surface area contributed by atoms with Crippen molar-refractivity contribution in [1.29, 1.82) is 0 Å². The van der Waals surface area contributed by atoms with Gasteiger partial charge >= 0.3 is 0 Å². The van der Waals surface area contributed by atoms with Crippen LogP contribution in [0.2, 0.25) is 0 Å². The van der Waals surface area contributed by atoms with E-state index in [1.165, 1.54) is 17.3 Å². The summed E-state index contributed by atoms with van der Waals surface area (Å²) in [5, 5.41) is 10.9. The quantitative estimate of drug-likeness (QED) is 0.460. The molecular formula is C24H24O2S2. The Morgan fingerprint density at radius 1 is 0.786 bits per heavy atom. The van der Waals surface area contributed by atoms with E-state index in [0.717, 1.165) is 16.2 Å². The van der Waals surface area contributed by atoms with Gasteiger partial charge < -0.3 is 5.11 Å². The molecule has 0 bridgehead atoms. The molecular weight excluding hydrogens is 384 g/mol. The summed E-state index contributed by atoms with van der Waals surface area (Å²) in [5.41, 5.74) is 1.18. The fourth-order valence-corrected chi connectivity index (χ4v) is 5.00. The Hall–Kier alpha value is -2.01. The van der Waals surface area contributed by atoms with Gasteiger partial charge in [0.2, 0.25) is 0 Å². The fourth-order valence-electron chi connectivity index (χ4n) is 2.88. The molecule has 4 heteroatoms. The van der Waals surface area contributed by atoms with Gasteiger partial charge in [0.1, 0.15) is 0 Å². The average molecular weight is 409 g/mol. The topological polar surface area (TPSA) is 37.3 Å². The van der Waals surface area contributed by atoms with Crippen LogP contribution >= 0.6 is 23.5 Å². The van der Waals surface area contributed by atoms with E-state index in [1.807, 2.05) is 78.9 Å². The van der Waals surface area contributed by atoms with Gasteiger partial charge in [0.15, 0.2) is 5.12 Å². The molecule has 3 aromatic rings. The van der Waals surface area contributed by atoms with E-state index >= 15 is 0 Å². The van der Waals surface area contributed by atoms with Gasteiger partial charge in [-0.25, -0.2) is 0 Å². The largest absolute Gasteiger partial charge is 0.392 e. The van der Waals surface area contributed by atoms with Crippen LogP contribution in [0.4, 0.5) is 0 Å². The molecule has 0 radical (unpaired) electrons. The number of aliphatic hydroxyl groups excluding tert-OH is 1. The zero-order valence-electron chi connectivity index (χ0n) is 15.6. The molecule has 1 N–H and O–H groups in total. The van der Waals surface area contributed by atoms with Crippen molar-refractivity contribution in [3.05, 3.63) is 96.6 Å². The van der Waals surface area contributed by atoms with Crippen molar-refractivity contribution in [3.63, 3.8) is 0 Å². The first-order valence-corrected chi connectivity index (χ1v) is 11.2. The van der Waals surface area contributed by atoms with Crippen molar-refractivity contribution in [3.8, 4) is 0 Å². The molecule has 0 fully saturated rings. The standard InChI is InChI=1S/C24H24O2S2/c25-23(17-16-19-10-4-1-5-11-19)22(18-27-20-12-6-2-7-13-20)24(26)28-21-14-8-3-9-15-21/h1-15,22-23,25H,16-18H2. The van der Waals surface area contributed by atoms with Crippen LogP contribution in [0.1, 0.15) is 12.0 Å². The van der Waals surface area contributed by atoms with E-state index < -0.39 is 12.0 Å². The van der Waals surface area contributed by atoms with Crippen LogP contribution in [0, 0.1) is 5.92 Å². The Morgan fingerprint density at radius 3 is 1.93 bits per heavy atom. The van der Waals surface area contributed by atoms with Crippen LogP contribution in [-0.4, -0.2) is 22.1 Å². The number of benzene rings is 3. The van der Waals surface area contributed by atoms with Gasteiger partial charge in [-0.1, -0.05) is 78.5 Å². The number of thioether (sulfide) groups is 2. The zero-order chi connectivity index (χ0) is 19.6. The molecule has 0 aliphatic rings. The van der Waals surface area contributed by atoms with Crippen molar-refractivity contribution in [2.45, 2.75) is 28.7 Å². The van der Waals surface area contributed by atoms with E-state index in [-0.39, 0.29) is 5.12 Å². The first kappa shape index (κ1) is 20.7. The first-order chi connectivity index (χ1) is 13.7. The van der Waals surface area contributed by atoms with E-state index in [9.17, 15) is 9.90 Å². The molecule has 0 heterocycles. The molecule has 0 saturated heterocycles. The molecule has 0 aliphatic heterocycles. The summed E-state index contributed by atoms with van der Waals surface area (Å²) in [6, 6.07) is 29.8. The third kappa shape index (κ3) is 6.55. The van der Waals surface area contributed by atoms with E-state index in [2.05, 4.69) is 12.1 Å². The summed E-state index contributed by atoms with van der Waals surface area (Å²) < 4.78 is 0. The number of aryl methyl sites for hydroxylation is 1. The Kier molecular flexibility index (Phi) is 8.22. The lowest BCUT2D eigenvalue weighted by atomic mass is 9.99. The normalized spacial score (nSPS) is 13.0. The van der Waals surface area contributed by atoms with Crippen LogP contribution in [0.3, 0.4) is 0 Å².